The van der Waals surface area contributed by atoms with Crippen molar-refractivity contribution in [3.05, 3.63) is 85.5 Å². The number of H-pyrrole nitrogens is 1. The Balaban J connectivity index is 1.62. The van der Waals surface area contributed by atoms with Crippen molar-refractivity contribution in [1.29, 1.82) is 0 Å². The van der Waals surface area contributed by atoms with E-state index in [9.17, 15) is 19.5 Å². The van der Waals surface area contributed by atoms with Gasteiger partial charge >= 0.3 is 5.69 Å². The zero-order valence-electron chi connectivity index (χ0n) is 17.7. The minimum absolute atomic E-state index is 0.114. The van der Waals surface area contributed by atoms with Crippen LogP contribution < -0.4 is 11.2 Å². The van der Waals surface area contributed by atoms with Crippen LogP contribution in [0.15, 0.2) is 51.6 Å². The fourth-order valence-corrected chi connectivity index (χ4v) is 4.59. The minimum atomic E-state index is -0.590. The quantitative estimate of drug-likeness (QED) is 0.352. The molecule has 2 N–H and O–H groups in total. The van der Waals surface area contributed by atoms with Gasteiger partial charge in [0.05, 0.1) is 18.8 Å². The molecule has 11 heteroatoms. The second-order valence-corrected chi connectivity index (χ2v) is 8.44. The summed E-state index contributed by atoms with van der Waals surface area (Å²) in [7, 11) is 0. The summed E-state index contributed by atoms with van der Waals surface area (Å²) in [5.74, 6) is 0.244. The second kappa shape index (κ2) is 8.26. The van der Waals surface area contributed by atoms with E-state index in [1.807, 2.05) is 22.2 Å². The third-order valence-corrected chi connectivity index (χ3v) is 6.29. The van der Waals surface area contributed by atoms with Crippen molar-refractivity contribution in [2.45, 2.75) is 33.0 Å². The summed E-state index contributed by atoms with van der Waals surface area (Å²) in [4.78, 5) is 50.5. The first-order valence-electron chi connectivity index (χ1n) is 10.3. The summed E-state index contributed by atoms with van der Waals surface area (Å²) >= 11 is 1.50. The lowest BCUT2D eigenvalue weighted by atomic mass is 10.1. The van der Waals surface area contributed by atoms with E-state index in [4.69, 9.17) is 0 Å². The normalized spacial score (nSPS) is 11.6. The molecule has 168 valence electrons. The number of Topliss-reactive ketones (excluding diaryl/α,β-unsaturated/α-hetero) is 1. The smallest absolute Gasteiger partial charge is 0.330 e. The van der Waals surface area contributed by atoms with Crippen molar-refractivity contribution >= 4 is 33.2 Å². The van der Waals surface area contributed by atoms with E-state index < -0.39 is 11.2 Å². The highest BCUT2D eigenvalue weighted by molar-refractivity contribution is 7.15. The first-order valence-corrected chi connectivity index (χ1v) is 11.2. The minimum Gasteiger partial charge on any atom is -0.392 e. The average molecular weight is 465 g/mol. The van der Waals surface area contributed by atoms with Crippen LogP contribution in [-0.4, -0.2) is 39.4 Å². The first-order chi connectivity index (χ1) is 16.0. The maximum Gasteiger partial charge on any atom is 0.330 e. The maximum atomic E-state index is 13.1. The Morgan fingerprint density at radius 2 is 1.94 bits per heavy atom. The fraction of sp³-hybridized carbons (Fsp3) is 0.227. The van der Waals surface area contributed by atoms with E-state index in [0.29, 0.717) is 23.5 Å². The Kier molecular flexibility index (Phi) is 5.27. The Hall–Kier alpha value is -3.83. The van der Waals surface area contributed by atoms with E-state index in [-0.39, 0.29) is 36.5 Å². The average Bonchev–Trinajstić information content (AvgIpc) is 3.48. The topological polar surface area (TPSA) is 127 Å². The molecule has 4 heterocycles. The van der Waals surface area contributed by atoms with Crippen LogP contribution >= 0.6 is 11.3 Å². The van der Waals surface area contributed by atoms with Crippen molar-refractivity contribution in [1.82, 2.24) is 28.5 Å². The number of carbonyl (C=O) groups excluding carboxylic acids is 1. The van der Waals surface area contributed by atoms with Gasteiger partial charge in [-0.3, -0.25) is 23.5 Å². The molecule has 0 aliphatic heterocycles. The predicted molar refractivity (Wildman–Crippen MR) is 123 cm³/mol. The molecule has 5 aromatic rings. The van der Waals surface area contributed by atoms with Gasteiger partial charge in [0, 0.05) is 36.3 Å². The summed E-state index contributed by atoms with van der Waals surface area (Å²) in [6, 6.07) is 6.64. The molecule has 0 aliphatic carbocycles. The highest BCUT2D eigenvalue weighted by Gasteiger charge is 2.21. The summed E-state index contributed by atoms with van der Waals surface area (Å²) < 4.78 is 4.84. The number of fused-ring (bicyclic) bond motifs is 2. The number of benzene rings is 1. The number of aromatic amines is 1. The second-order valence-electron chi connectivity index (χ2n) is 7.57. The van der Waals surface area contributed by atoms with Crippen LogP contribution in [0.1, 0.15) is 34.4 Å². The number of thiazole rings is 1. The molecule has 0 radical (unpaired) electrons. The number of aliphatic hydroxyl groups excluding tert-OH is 1. The molecule has 0 amide bonds. The standard InChI is InChI=1S/C22H20N6O4S/c1-2-27-19-18(20(31)25-21(27)32)28(11-16(30)14-5-3-13(12-29)4-6-14)17(24-19)9-15-10-26-7-8-33-22(26)23-15/h3-8,10,29H,2,9,11-12H2,1H3,(H,25,31,32). The number of imidazole rings is 2. The molecule has 33 heavy (non-hydrogen) atoms. The van der Waals surface area contributed by atoms with Gasteiger partial charge in [0.15, 0.2) is 21.9 Å². The van der Waals surface area contributed by atoms with Gasteiger partial charge in [-0.15, -0.1) is 11.3 Å². The van der Waals surface area contributed by atoms with Crippen LogP contribution in [0.25, 0.3) is 16.1 Å². The van der Waals surface area contributed by atoms with E-state index >= 15 is 0 Å². The molecule has 0 saturated carbocycles. The molecule has 1 aromatic carbocycles. The molecule has 0 saturated heterocycles. The lowest BCUT2D eigenvalue weighted by Crippen LogP contribution is -2.31. The Morgan fingerprint density at radius 1 is 1.15 bits per heavy atom. The summed E-state index contributed by atoms with van der Waals surface area (Å²) in [6.07, 6.45) is 4.07. The van der Waals surface area contributed by atoms with Crippen molar-refractivity contribution in [3.63, 3.8) is 0 Å². The van der Waals surface area contributed by atoms with E-state index in [1.165, 1.54) is 15.9 Å². The number of carbonyl (C=O) groups is 1. The van der Waals surface area contributed by atoms with Crippen LogP contribution in [0.2, 0.25) is 0 Å². The van der Waals surface area contributed by atoms with Crippen LogP contribution in [0.3, 0.4) is 0 Å². The molecule has 0 atom stereocenters. The molecule has 0 bridgehead atoms. The van der Waals surface area contributed by atoms with Gasteiger partial charge in [-0.1, -0.05) is 24.3 Å². The molecule has 5 rings (SSSR count). The number of nitrogens with one attached hydrogen (secondary N) is 1. The number of ketones is 1. The molecular weight excluding hydrogens is 444 g/mol. The molecule has 0 spiro atoms. The monoisotopic (exact) mass is 464 g/mol. The van der Waals surface area contributed by atoms with Crippen molar-refractivity contribution in [3.8, 4) is 0 Å². The number of aryl methyl sites for hydroxylation is 1. The van der Waals surface area contributed by atoms with Crippen LogP contribution in [0.5, 0.6) is 0 Å². The van der Waals surface area contributed by atoms with Gasteiger partial charge in [-0.05, 0) is 12.5 Å². The molecular formula is C22H20N6O4S. The summed E-state index contributed by atoms with van der Waals surface area (Å²) in [5, 5.41) is 11.2. The highest BCUT2D eigenvalue weighted by atomic mass is 32.1. The number of aliphatic hydroxyl groups is 1. The van der Waals surface area contributed by atoms with Crippen LogP contribution in [-0.2, 0) is 26.1 Å². The van der Waals surface area contributed by atoms with Crippen LogP contribution in [0.4, 0.5) is 0 Å². The van der Waals surface area contributed by atoms with Crippen LogP contribution in [0, 0.1) is 0 Å². The van der Waals surface area contributed by atoms with Gasteiger partial charge in [-0.2, -0.15) is 0 Å². The molecule has 4 aromatic heterocycles. The fourth-order valence-electron chi connectivity index (χ4n) is 3.87. The van der Waals surface area contributed by atoms with E-state index in [0.717, 1.165) is 10.7 Å². The molecule has 0 aliphatic rings. The van der Waals surface area contributed by atoms with Crippen molar-refractivity contribution in [2.75, 3.05) is 0 Å². The summed E-state index contributed by atoms with van der Waals surface area (Å²) in [5.41, 5.74) is 1.16. The van der Waals surface area contributed by atoms with E-state index in [1.54, 1.807) is 35.8 Å². The Labute approximate surface area is 190 Å². The number of hydrogen-bond acceptors (Lipinski definition) is 7. The Bertz CT molecular complexity index is 1570. The lowest BCUT2D eigenvalue weighted by Gasteiger charge is -2.08. The third-order valence-electron chi connectivity index (χ3n) is 5.52. The maximum absolute atomic E-state index is 13.1. The van der Waals surface area contributed by atoms with E-state index in [2.05, 4.69) is 15.0 Å². The van der Waals surface area contributed by atoms with Gasteiger partial charge in [0.25, 0.3) is 5.56 Å². The number of nitrogens with zero attached hydrogens (tertiary/aromatic N) is 5. The first kappa shape index (κ1) is 21.0. The molecule has 10 nitrogen and oxygen atoms in total. The number of aromatic nitrogens is 6. The lowest BCUT2D eigenvalue weighted by molar-refractivity contribution is 0.0972. The van der Waals surface area contributed by atoms with Crippen molar-refractivity contribution < 1.29 is 9.90 Å². The zero-order chi connectivity index (χ0) is 23.1. The van der Waals surface area contributed by atoms with Gasteiger partial charge in [0.2, 0.25) is 0 Å². The van der Waals surface area contributed by atoms with Gasteiger partial charge in [-0.25, -0.2) is 14.8 Å². The molecule has 0 unspecified atom stereocenters. The SMILES string of the molecule is CCn1c(=O)[nH]c(=O)c2c1nc(Cc1cn3ccsc3n1)n2CC(=O)c1ccc(CO)cc1. The third kappa shape index (κ3) is 3.70. The Morgan fingerprint density at radius 3 is 2.64 bits per heavy atom. The highest BCUT2D eigenvalue weighted by Crippen LogP contribution is 2.18. The number of rotatable bonds is 7. The predicted octanol–water partition coefficient (Wildman–Crippen LogP) is 1.58. The largest absolute Gasteiger partial charge is 0.392 e. The summed E-state index contributed by atoms with van der Waals surface area (Å²) in [6.45, 7) is 1.86. The van der Waals surface area contributed by atoms with Gasteiger partial charge in [0.1, 0.15) is 5.82 Å². The molecule has 0 fully saturated rings. The zero-order valence-corrected chi connectivity index (χ0v) is 18.5. The number of hydrogen-bond donors (Lipinski definition) is 2. The van der Waals surface area contributed by atoms with Crippen molar-refractivity contribution in [2.24, 2.45) is 0 Å². The van der Waals surface area contributed by atoms with Gasteiger partial charge < -0.3 is 9.67 Å².